The molecule has 2 fully saturated rings. The van der Waals surface area contributed by atoms with E-state index in [9.17, 15) is 0 Å². The molecule has 1 heterocycles. The maximum atomic E-state index is 8.67. The minimum Gasteiger partial charge on any atom is -0.250 e. The van der Waals surface area contributed by atoms with Gasteiger partial charge in [-0.2, -0.15) is 5.26 Å². The van der Waals surface area contributed by atoms with Crippen LogP contribution in [0.1, 0.15) is 44.9 Å². The molecule has 1 saturated carbocycles. The zero-order chi connectivity index (χ0) is 11.2. The predicted molar refractivity (Wildman–Crippen MR) is 68.9 cm³/mol. The van der Waals surface area contributed by atoms with Gasteiger partial charge >= 0.3 is 0 Å². The highest BCUT2D eigenvalue weighted by Crippen LogP contribution is 2.31. The van der Waals surface area contributed by atoms with Crippen LogP contribution in [0.25, 0.3) is 0 Å². The summed E-state index contributed by atoms with van der Waals surface area (Å²) in [7, 11) is 0. The Bertz CT molecular complexity index is 243. The summed E-state index contributed by atoms with van der Waals surface area (Å²) < 4.78 is 2.50. The average molecular weight is 238 g/mol. The minimum atomic E-state index is 0.642. The topological polar surface area (TPSA) is 27.0 Å². The van der Waals surface area contributed by atoms with Gasteiger partial charge in [0.15, 0.2) is 0 Å². The van der Waals surface area contributed by atoms with Gasteiger partial charge in [0.25, 0.3) is 0 Å². The Labute approximate surface area is 104 Å². The van der Waals surface area contributed by atoms with Crippen molar-refractivity contribution in [2.75, 3.05) is 18.8 Å². The molecule has 2 nitrogen and oxygen atoms in total. The van der Waals surface area contributed by atoms with Gasteiger partial charge in [0.1, 0.15) is 0 Å². The Morgan fingerprint density at radius 3 is 2.69 bits per heavy atom. The molecular formula is C13H22N2S. The van der Waals surface area contributed by atoms with Gasteiger partial charge in [-0.25, -0.2) is 0 Å². The molecule has 1 unspecified atom stereocenters. The Balaban J connectivity index is 1.61. The number of hydrogen-bond donors (Lipinski definition) is 0. The van der Waals surface area contributed by atoms with Gasteiger partial charge in [0, 0.05) is 25.3 Å². The summed E-state index contributed by atoms with van der Waals surface area (Å²) in [6, 6.07) is 2.30. The SMILES string of the molecule is N#CCC1CCN(SCC2CCCCC2)C1. The van der Waals surface area contributed by atoms with E-state index in [1.165, 1.54) is 50.8 Å². The van der Waals surface area contributed by atoms with E-state index in [0.717, 1.165) is 18.9 Å². The second-order valence-corrected chi connectivity index (χ2v) is 6.31. The highest BCUT2D eigenvalue weighted by atomic mass is 32.2. The lowest BCUT2D eigenvalue weighted by molar-refractivity contribution is 0.388. The Morgan fingerprint density at radius 1 is 1.12 bits per heavy atom. The third-order valence-corrected chi connectivity index (χ3v) is 5.16. The lowest BCUT2D eigenvalue weighted by atomic mass is 9.91. The Hall–Kier alpha value is -0.200. The molecule has 0 amide bonds. The van der Waals surface area contributed by atoms with Crippen LogP contribution in [0.2, 0.25) is 0 Å². The van der Waals surface area contributed by atoms with Crippen molar-refractivity contribution in [3.63, 3.8) is 0 Å². The molecule has 16 heavy (non-hydrogen) atoms. The number of hydrogen-bond acceptors (Lipinski definition) is 3. The molecule has 2 rings (SSSR count). The van der Waals surface area contributed by atoms with E-state index in [1.807, 2.05) is 11.9 Å². The van der Waals surface area contributed by atoms with Crippen LogP contribution >= 0.6 is 11.9 Å². The molecule has 1 saturated heterocycles. The average Bonchev–Trinajstić information content (AvgIpc) is 2.76. The normalized spacial score (nSPS) is 28.1. The fourth-order valence-electron chi connectivity index (χ4n) is 2.77. The predicted octanol–water partition coefficient (Wildman–Crippen LogP) is 3.45. The van der Waals surface area contributed by atoms with Crippen molar-refractivity contribution in [2.24, 2.45) is 11.8 Å². The van der Waals surface area contributed by atoms with E-state index in [0.29, 0.717) is 5.92 Å². The first-order valence-electron chi connectivity index (χ1n) is 6.63. The molecule has 0 N–H and O–H groups in total. The number of nitrogens with zero attached hydrogens (tertiary/aromatic N) is 2. The molecule has 0 spiro atoms. The Morgan fingerprint density at radius 2 is 1.94 bits per heavy atom. The van der Waals surface area contributed by atoms with Crippen LogP contribution in [-0.4, -0.2) is 23.1 Å². The second-order valence-electron chi connectivity index (χ2n) is 5.20. The van der Waals surface area contributed by atoms with Crippen LogP contribution < -0.4 is 0 Å². The van der Waals surface area contributed by atoms with Gasteiger partial charge in [0.05, 0.1) is 6.07 Å². The van der Waals surface area contributed by atoms with E-state index >= 15 is 0 Å². The monoisotopic (exact) mass is 238 g/mol. The summed E-state index contributed by atoms with van der Waals surface area (Å²) in [5.74, 6) is 2.93. The fraction of sp³-hybridized carbons (Fsp3) is 0.923. The Kier molecular flexibility index (Phi) is 4.99. The van der Waals surface area contributed by atoms with Crippen molar-refractivity contribution >= 4 is 11.9 Å². The van der Waals surface area contributed by atoms with Gasteiger partial charge in [-0.3, -0.25) is 4.31 Å². The van der Waals surface area contributed by atoms with Gasteiger partial charge in [-0.05, 0) is 31.1 Å². The third kappa shape index (κ3) is 3.68. The van der Waals surface area contributed by atoms with Crippen LogP contribution in [0, 0.1) is 23.2 Å². The van der Waals surface area contributed by atoms with E-state index in [-0.39, 0.29) is 0 Å². The van der Waals surface area contributed by atoms with Crippen LogP contribution in [0.4, 0.5) is 0 Å². The molecule has 0 aromatic carbocycles. The van der Waals surface area contributed by atoms with Gasteiger partial charge in [-0.15, -0.1) is 0 Å². The van der Waals surface area contributed by atoms with Crippen molar-refractivity contribution < 1.29 is 0 Å². The van der Waals surface area contributed by atoms with Gasteiger partial charge < -0.3 is 0 Å². The van der Waals surface area contributed by atoms with Crippen molar-refractivity contribution in [2.45, 2.75) is 44.9 Å². The molecule has 0 radical (unpaired) electrons. The highest BCUT2D eigenvalue weighted by molar-refractivity contribution is 7.97. The van der Waals surface area contributed by atoms with E-state index < -0.39 is 0 Å². The molecule has 0 aromatic heterocycles. The summed E-state index contributed by atoms with van der Waals surface area (Å²) in [5, 5.41) is 8.67. The lowest BCUT2D eigenvalue weighted by Gasteiger charge is -2.23. The van der Waals surface area contributed by atoms with Crippen molar-refractivity contribution in [3.8, 4) is 6.07 Å². The van der Waals surface area contributed by atoms with Crippen LogP contribution in [-0.2, 0) is 0 Å². The molecule has 3 heteroatoms. The molecule has 2 aliphatic rings. The zero-order valence-corrected chi connectivity index (χ0v) is 10.8. The number of rotatable bonds is 4. The first kappa shape index (κ1) is 12.3. The number of nitriles is 1. The van der Waals surface area contributed by atoms with Crippen LogP contribution in [0.3, 0.4) is 0 Å². The van der Waals surface area contributed by atoms with E-state index in [2.05, 4.69) is 10.4 Å². The van der Waals surface area contributed by atoms with Crippen LogP contribution in [0.15, 0.2) is 0 Å². The largest absolute Gasteiger partial charge is 0.250 e. The summed E-state index contributed by atoms with van der Waals surface area (Å²) in [6.07, 6.45) is 9.22. The summed E-state index contributed by atoms with van der Waals surface area (Å²) >= 11 is 2.04. The summed E-state index contributed by atoms with van der Waals surface area (Å²) in [5.41, 5.74) is 0. The van der Waals surface area contributed by atoms with Crippen molar-refractivity contribution in [1.82, 2.24) is 4.31 Å². The van der Waals surface area contributed by atoms with Crippen molar-refractivity contribution in [3.05, 3.63) is 0 Å². The second kappa shape index (κ2) is 6.51. The molecule has 90 valence electrons. The fourth-order valence-corrected chi connectivity index (χ4v) is 4.08. The van der Waals surface area contributed by atoms with Crippen LogP contribution in [0.5, 0.6) is 0 Å². The first-order chi connectivity index (χ1) is 7.88. The quantitative estimate of drug-likeness (QED) is 0.702. The molecule has 0 bridgehead atoms. The summed E-state index contributed by atoms with van der Waals surface area (Å²) in [6.45, 7) is 2.34. The molecule has 1 aliphatic carbocycles. The van der Waals surface area contributed by atoms with Gasteiger partial charge in [0.2, 0.25) is 0 Å². The summed E-state index contributed by atoms with van der Waals surface area (Å²) in [4.78, 5) is 0. The standard InChI is InChI=1S/C13H22N2S/c14-8-6-12-7-9-15(10-12)16-11-13-4-2-1-3-5-13/h12-13H,1-7,9-11H2. The zero-order valence-electron chi connectivity index (χ0n) is 10.0. The molecule has 0 aromatic rings. The smallest absolute Gasteiger partial charge is 0.0625 e. The molecular weight excluding hydrogens is 216 g/mol. The van der Waals surface area contributed by atoms with Gasteiger partial charge in [-0.1, -0.05) is 31.2 Å². The maximum absolute atomic E-state index is 8.67. The lowest BCUT2D eigenvalue weighted by Crippen LogP contribution is -2.17. The van der Waals surface area contributed by atoms with E-state index in [1.54, 1.807) is 0 Å². The maximum Gasteiger partial charge on any atom is 0.0625 e. The highest BCUT2D eigenvalue weighted by Gasteiger charge is 2.23. The molecule has 1 atom stereocenters. The van der Waals surface area contributed by atoms with E-state index in [4.69, 9.17) is 5.26 Å². The minimum absolute atomic E-state index is 0.642. The molecule has 1 aliphatic heterocycles. The first-order valence-corrected chi connectivity index (χ1v) is 7.57. The van der Waals surface area contributed by atoms with Crippen molar-refractivity contribution in [1.29, 1.82) is 5.26 Å². The third-order valence-electron chi connectivity index (χ3n) is 3.85.